The summed E-state index contributed by atoms with van der Waals surface area (Å²) in [6, 6.07) is 2.14. The Labute approximate surface area is 94.3 Å². The minimum absolute atomic E-state index is 0.128. The molecule has 0 aliphatic carbocycles. The third-order valence-corrected chi connectivity index (χ3v) is 2.09. The van der Waals surface area contributed by atoms with Gasteiger partial charge >= 0.3 is 12.1 Å². The highest BCUT2D eigenvalue weighted by molar-refractivity contribution is 5.87. The van der Waals surface area contributed by atoms with Gasteiger partial charge in [-0.2, -0.15) is 13.2 Å². The molecule has 1 aromatic heterocycles. The average molecular weight is 249 g/mol. The molecular formula is C10H10F3NO3. The molecule has 0 aromatic carbocycles. The van der Waals surface area contributed by atoms with Gasteiger partial charge in [0.2, 0.25) is 0 Å². The number of hydrogen-bond donors (Lipinski definition) is 1. The lowest BCUT2D eigenvalue weighted by molar-refractivity contribution is -0.135. The van der Waals surface area contributed by atoms with Crippen LogP contribution in [-0.4, -0.2) is 21.8 Å². The largest absolute Gasteiger partial charge is 0.478 e. The molecule has 17 heavy (non-hydrogen) atoms. The summed E-state index contributed by atoms with van der Waals surface area (Å²) >= 11 is 0. The van der Waals surface area contributed by atoms with Crippen molar-refractivity contribution in [3.8, 4) is 0 Å². The lowest BCUT2D eigenvalue weighted by atomic mass is 10.2. The molecule has 0 unspecified atom stereocenters. The standard InChI is InChI=1S/C10H10F3NO3/c11-10(12,13)4-1-5-14-6-7(9(16)17)2-3-8(14)15/h2-3,6H,1,4-5H2,(H,16,17). The minimum Gasteiger partial charge on any atom is -0.478 e. The van der Waals surface area contributed by atoms with Crippen molar-refractivity contribution in [2.75, 3.05) is 0 Å². The quantitative estimate of drug-likeness (QED) is 0.886. The average Bonchev–Trinajstić information content (AvgIpc) is 2.18. The number of aryl methyl sites for hydroxylation is 1. The Balaban J connectivity index is 2.74. The maximum absolute atomic E-state index is 11.9. The van der Waals surface area contributed by atoms with Gasteiger partial charge in [0.1, 0.15) is 0 Å². The number of alkyl halides is 3. The Hall–Kier alpha value is -1.79. The number of halogens is 3. The number of aromatic carboxylic acids is 1. The van der Waals surface area contributed by atoms with E-state index in [2.05, 4.69) is 0 Å². The van der Waals surface area contributed by atoms with E-state index in [0.29, 0.717) is 0 Å². The maximum atomic E-state index is 11.9. The number of aromatic nitrogens is 1. The van der Waals surface area contributed by atoms with Gasteiger partial charge in [-0.05, 0) is 12.5 Å². The Morgan fingerprint density at radius 1 is 1.35 bits per heavy atom. The van der Waals surface area contributed by atoms with Crippen LogP contribution in [0.25, 0.3) is 0 Å². The summed E-state index contributed by atoms with van der Waals surface area (Å²) in [6.07, 6.45) is -4.49. The molecule has 0 aliphatic rings. The van der Waals surface area contributed by atoms with Crippen molar-refractivity contribution >= 4 is 5.97 Å². The monoisotopic (exact) mass is 249 g/mol. The first-order valence-electron chi connectivity index (χ1n) is 4.80. The van der Waals surface area contributed by atoms with Gasteiger partial charge in [0.05, 0.1) is 5.56 Å². The van der Waals surface area contributed by atoms with Crippen LogP contribution in [0.5, 0.6) is 0 Å². The summed E-state index contributed by atoms with van der Waals surface area (Å²) < 4.78 is 36.6. The van der Waals surface area contributed by atoms with Crippen molar-refractivity contribution in [2.24, 2.45) is 0 Å². The van der Waals surface area contributed by atoms with E-state index in [-0.39, 0.29) is 18.5 Å². The van der Waals surface area contributed by atoms with Crippen LogP contribution in [0.15, 0.2) is 23.1 Å². The van der Waals surface area contributed by atoms with Crippen LogP contribution in [0, 0.1) is 0 Å². The summed E-state index contributed by atoms with van der Waals surface area (Å²) in [7, 11) is 0. The molecule has 0 atom stereocenters. The molecule has 0 bridgehead atoms. The van der Waals surface area contributed by atoms with Crippen molar-refractivity contribution in [3.63, 3.8) is 0 Å². The molecule has 0 aliphatic heterocycles. The molecule has 0 saturated heterocycles. The Morgan fingerprint density at radius 3 is 2.53 bits per heavy atom. The highest BCUT2D eigenvalue weighted by Gasteiger charge is 2.26. The van der Waals surface area contributed by atoms with Gasteiger partial charge in [-0.15, -0.1) is 0 Å². The normalized spacial score (nSPS) is 11.5. The van der Waals surface area contributed by atoms with E-state index in [1.165, 1.54) is 0 Å². The van der Waals surface area contributed by atoms with Crippen LogP contribution < -0.4 is 5.56 Å². The number of nitrogens with zero attached hydrogens (tertiary/aromatic N) is 1. The van der Waals surface area contributed by atoms with E-state index in [1.807, 2.05) is 0 Å². The zero-order valence-electron chi connectivity index (χ0n) is 8.70. The molecule has 0 spiro atoms. The predicted octanol–water partition coefficient (Wildman–Crippen LogP) is 1.89. The number of rotatable bonds is 4. The number of carboxylic acids is 1. The molecule has 1 N–H and O–H groups in total. The van der Waals surface area contributed by atoms with Crippen molar-refractivity contribution in [1.82, 2.24) is 4.57 Å². The highest BCUT2D eigenvalue weighted by atomic mass is 19.4. The van der Waals surface area contributed by atoms with Gasteiger partial charge in [0.15, 0.2) is 0 Å². The van der Waals surface area contributed by atoms with Crippen LogP contribution in [0.3, 0.4) is 0 Å². The molecule has 0 saturated carbocycles. The number of carboxylic acid groups (broad SMARTS) is 1. The van der Waals surface area contributed by atoms with Gasteiger partial charge < -0.3 is 9.67 Å². The predicted molar refractivity (Wildman–Crippen MR) is 53.0 cm³/mol. The first-order valence-corrected chi connectivity index (χ1v) is 4.80. The van der Waals surface area contributed by atoms with E-state index in [1.54, 1.807) is 0 Å². The lowest BCUT2D eigenvalue weighted by Gasteiger charge is -2.08. The van der Waals surface area contributed by atoms with Crippen LogP contribution >= 0.6 is 0 Å². The fourth-order valence-electron chi connectivity index (χ4n) is 1.28. The second-order valence-electron chi connectivity index (χ2n) is 3.47. The summed E-state index contributed by atoms with van der Waals surface area (Å²) in [6.45, 7) is -0.153. The zero-order chi connectivity index (χ0) is 13.1. The van der Waals surface area contributed by atoms with Crippen LogP contribution in [0.4, 0.5) is 13.2 Å². The molecule has 7 heteroatoms. The zero-order valence-corrected chi connectivity index (χ0v) is 8.70. The van der Waals surface area contributed by atoms with Crippen molar-refractivity contribution < 1.29 is 23.1 Å². The molecule has 94 valence electrons. The smallest absolute Gasteiger partial charge is 0.389 e. The van der Waals surface area contributed by atoms with Crippen molar-refractivity contribution in [1.29, 1.82) is 0 Å². The number of hydrogen-bond acceptors (Lipinski definition) is 2. The summed E-state index contributed by atoms with van der Waals surface area (Å²) in [5, 5.41) is 8.66. The molecule has 1 aromatic rings. The van der Waals surface area contributed by atoms with E-state index in [9.17, 15) is 22.8 Å². The van der Waals surface area contributed by atoms with E-state index < -0.39 is 24.1 Å². The first-order chi connectivity index (χ1) is 7.79. The SMILES string of the molecule is O=C(O)c1ccc(=O)n(CCCC(F)(F)F)c1. The minimum atomic E-state index is -4.27. The first kappa shape index (κ1) is 13.3. The maximum Gasteiger partial charge on any atom is 0.389 e. The third-order valence-electron chi connectivity index (χ3n) is 2.09. The molecule has 1 heterocycles. The van der Waals surface area contributed by atoms with Gasteiger partial charge in [-0.1, -0.05) is 0 Å². The van der Waals surface area contributed by atoms with Crippen molar-refractivity contribution in [3.05, 3.63) is 34.2 Å². The molecular weight excluding hydrogens is 239 g/mol. The second-order valence-corrected chi connectivity index (χ2v) is 3.47. The van der Waals surface area contributed by atoms with Crippen LogP contribution in [-0.2, 0) is 6.54 Å². The lowest BCUT2D eigenvalue weighted by Crippen LogP contribution is -2.21. The molecule has 4 nitrogen and oxygen atoms in total. The molecule has 0 amide bonds. The highest BCUT2D eigenvalue weighted by Crippen LogP contribution is 2.21. The van der Waals surface area contributed by atoms with Crippen LogP contribution in [0.2, 0.25) is 0 Å². The number of pyridine rings is 1. The molecule has 1 rings (SSSR count). The fourth-order valence-corrected chi connectivity index (χ4v) is 1.28. The van der Waals surface area contributed by atoms with Gasteiger partial charge in [-0.25, -0.2) is 4.79 Å². The summed E-state index contributed by atoms with van der Waals surface area (Å²) in [4.78, 5) is 21.8. The molecule has 0 radical (unpaired) electrons. The fraction of sp³-hybridized carbons (Fsp3) is 0.400. The van der Waals surface area contributed by atoms with Gasteiger partial charge in [-0.3, -0.25) is 4.79 Å². The van der Waals surface area contributed by atoms with E-state index in [0.717, 1.165) is 22.9 Å². The van der Waals surface area contributed by atoms with E-state index >= 15 is 0 Å². The third kappa shape index (κ3) is 4.29. The Bertz CT molecular complexity index is 465. The molecule has 0 fully saturated rings. The summed E-state index contributed by atoms with van der Waals surface area (Å²) in [5.41, 5.74) is -0.645. The summed E-state index contributed by atoms with van der Waals surface area (Å²) in [5.74, 6) is -1.23. The van der Waals surface area contributed by atoms with Gasteiger partial charge in [0.25, 0.3) is 5.56 Å². The van der Waals surface area contributed by atoms with Crippen molar-refractivity contribution in [2.45, 2.75) is 25.6 Å². The second kappa shape index (κ2) is 5.03. The topological polar surface area (TPSA) is 59.3 Å². The Kier molecular flexibility index (Phi) is 3.93. The van der Waals surface area contributed by atoms with E-state index in [4.69, 9.17) is 5.11 Å². The van der Waals surface area contributed by atoms with Crippen LogP contribution in [0.1, 0.15) is 23.2 Å². The number of carbonyl (C=O) groups is 1. The van der Waals surface area contributed by atoms with Gasteiger partial charge in [0, 0.05) is 25.2 Å². The Morgan fingerprint density at radius 2 is 2.00 bits per heavy atom.